The molecule has 1 amide bonds. The summed E-state index contributed by atoms with van der Waals surface area (Å²) in [4.78, 5) is 12.3. The van der Waals surface area contributed by atoms with E-state index in [0.29, 0.717) is 25.0 Å². The Morgan fingerprint density at radius 3 is 1.90 bits per heavy atom. The summed E-state index contributed by atoms with van der Waals surface area (Å²) in [6.45, 7) is 10.2. The first-order chi connectivity index (χ1) is 13.9. The van der Waals surface area contributed by atoms with Gasteiger partial charge in [0.1, 0.15) is 11.5 Å². The molecule has 0 aromatic heterocycles. The molecule has 2 aromatic rings. The average molecular weight is 399 g/mol. The van der Waals surface area contributed by atoms with Gasteiger partial charge in [0.05, 0.1) is 19.8 Å². The molecule has 0 aliphatic rings. The quantitative estimate of drug-likeness (QED) is 0.489. The van der Waals surface area contributed by atoms with E-state index in [0.717, 1.165) is 35.7 Å². The third-order valence-electron chi connectivity index (χ3n) is 4.33. The molecule has 5 heteroatoms. The lowest BCUT2D eigenvalue weighted by Crippen LogP contribution is -2.21. The molecule has 0 saturated heterocycles. The summed E-state index contributed by atoms with van der Waals surface area (Å²) in [5.74, 6) is 2.67. The lowest BCUT2D eigenvalue weighted by atomic mass is 10.1. The molecule has 0 heterocycles. The third kappa shape index (κ3) is 9.37. The van der Waals surface area contributed by atoms with Gasteiger partial charge in [-0.2, -0.15) is 0 Å². The van der Waals surface area contributed by atoms with Crippen molar-refractivity contribution in [3.63, 3.8) is 0 Å². The Labute approximate surface area is 174 Å². The summed E-state index contributed by atoms with van der Waals surface area (Å²) >= 11 is 0. The zero-order valence-corrected chi connectivity index (χ0v) is 18.0. The highest BCUT2D eigenvalue weighted by Gasteiger charge is 2.05. The minimum Gasteiger partial charge on any atom is -0.494 e. The standard InChI is InChI=1S/C24H34N2O3/c1-18(2)11-13-28-22-9-5-7-20(15-22)25-17-24(27)26-21-8-6-10-23(16-21)29-14-12-19(3)4/h5-10,15-16,18-19,25H,11-14,17H2,1-4H3,(H,26,27). The van der Waals surface area contributed by atoms with Crippen molar-refractivity contribution in [1.29, 1.82) is 0 Å². The Bertz CT molecular complexity index is 759. The molecule has 0 aliphatic heterocycles. The molecular weight excluding hydrogens is 364 g/mol. The monoisotopic (exact) mass is 398 g/mol. The predicted octanol–water partition coefficient (Wildman–Crippen LogP) is 5.59. The summed E-state index contributed by atoms with van der Waals surface area (Å²) in [6, 6.07) is 15.2. The number of carbonyl (C=O) groups excluding carboxylic acids is 1. The second-order valence-electron chi connectivity index (χ2n) is 8.02. The van der Waals surface area contributed by atoms with Crippen molar-refractivity contribution in [3.05, 3.63) is 48.5 Å². The van der Waals surface area contributed by atoms with E-state index < -0.39 is 0 Å². The van der Waals surface area contributed by atoms with Crippen LogP contribution < -0.4 is 20.1 Å². The van der Waals surface area contributed by atoms with Gasteiger partial charge in [0.2, 0.25) is 5.91 Å². The molecule has 0 bridgehead atoms. The Hall–Kier alpha value is -2.69. The predicted molar refractivity (Wildman–Crippen MR) is 120 cm³/mol. The maximum atomic E-state index is 12.3. The van der Waals surface area contributed by atoms with Crippen molar-refractivity contribution in [2.24, 2.45) is 11.8 Å². The number of hydrogen-bond acceptors (Lipinski definition) is 4. The highest BCUT2D eigenvalue weighted by molar-refractivity contribution is 5.93. The van der Waals surface area contributed by atoms with Gasteiger partial charge in [0.25, 0.3) is 0 Å². The van der Waals surface area contributed by atoms with E-state index in [-0.39, 0.29) is 12.5 Å². The third-order valence-corrected chi connectivity index (χ3v) is 4.33. The number of anilines is 2. The highest BCUT2D eigenvalue weighted by atomic mass is 16.5. The largest absolute Gasteiger partial charge is 0.494 e. The molecule has 0 atom stereocenters. The Kier molecular flexibility index (Phi) is 9.35. The zero-order valence-electron chi connectivity index (χ0n) is 18.0. The number of nitrogens with one attached hydrogen (secondary N) is 2. The molecule has 0 saturated carbocycles. The van der Waals surface area contributed by atoms with Gasteiger partial charge < -0.3 is 20.1 Å². The normalized spacial score (nSPS) is 10.8. The summed E-state index contributed by atoms with van der Waals surface area (Å²) in [5, 5.41) is 6.04. The smallest absolute Gasteiger partial charge is 0.243 e. The van der Waals surface area contributed by atoms with Crippen LogP contribution in [0.4, 0.5) is 11.4 Å². The number of carbonyl (C=O) groups is 1. The van der Waals surface area contributed by atoms with E-state index in [1.165, 1.54) is 0 Å². The van der Waals surface area contributed by atoms with Crippen LogP contribution in [0.15, 0.2) is 48.5 Å². The number of benzene rings is 2. The van der Waals surface area contributed by atoms with Crippen LogP contribution in [0.2, 0.25) is 0 Å². The SMILES string of the molecule is CC(C)CCOc1cccc(NCC(=O)Nc2cccc(OCCC(C)C)c2)c1. The van der Waals surface area contributed by atoms with Gasteiger partial charge in [-0.05, 0) is 48.9 Å². The first kappa shape index (κ1) is 22.6. The maximum Gasteiger partial charge on any atom is 0.243 e. The fraction of sp³-hybridized carbons (Fsp3) is 0.458. The molecule has 0 unspecified atom stereocenters. The van der Waals surface area contributed by atoms with E-state index in [4.69, 9.17) is 9.47 Å². The van der Waals surface area contributed by atoms with Crippen LogP contribution in [-0.2, 0) is 4.79 Å². The molecule has 0 aliphatic carbocycles. The molecule has 29 heavy (non-hydrogen) atoms. The van der Waals surface area contributed by atoms with Gasteiger partial charge in [-0.3, -0.25) is 4.79 Å². The topological polar surface area (TPSA) is 59.6 Å². The fourth-order valence-corrected chi connectivity index (χ4v) is 2.57. The number of hydrogen-bond donors (Lipinski definition) is 2. The molecule has 2 rings (SSSR count). The van der Waals surface area contributed by atoms with Crippen molar-refractivity contribution in [3.8, 4) is 11.5 Å². The molecule has 2 N–H and O–H groups in total. The Balaban J connectivity index is 1.79. The molecule has 0 fully saturated rings. The fourth-order valence-electron chi connectivity index (χ4n) is 2.57. The summed E-state index contributed by atoms with van der Waals surface area (Å²) in [5.41, 5.74) is 1.58. The molecule has 158 valence electrons. The lowest BCUT2D eigenvalue weighted by Gasteiger charge is -2.12. The zero-order chi connectivity index (χ0) is 21.1. The highest BCUT2D eigenvalue weighted by Crippen LogP contribution is 2.19. The Morgan fingerprint density at radius 1 is 0.828 bits per heavy atom. The van der Waals surface area contributed by atoms with Crippen LogP contribution in [-0.4, -0.2) is 25.7 Å². The van der Waals surface area contributed by atoms with Crippen molar-refractivity contribution in [2.45, 2.75) is 40.5 Å². The van der Waals surface area contributed by atoms with E-state index >= 15 is 0 Å². The van der Waals surface area contributed by atoms with Gasteiger partial charge in [0.15, 0.2) is 0 Å². The first-order valence-corrected chi connectivity index (χ1v) is 10.4. The van der Waals surface area contributed by atoms with Gasteiger partial charge in [-0.1, -0.05) is 39.8 Å². The van der Waals surface area contributed by atoms with Gasteiger partial charge >= 0.3 is 0 Å². The van der Waals surface area contributed by atoms with Gasteiger partial charge in [0, 0.05) is 23.5 Å². The van der Waals surface area contributed by atoms with Crippen molar-refractivity contribution < 1.29 is 14.3 Å². The van der Waals surface area contributed by atoms with Crippen LogP contribution in [0.5, 0.6) is 11.5 Å². The molecule has 5 nitrogen and oxygen atoms in total. The number of rotatable bonds is 12. The van der Waals surface area contributed by atoms with E-state index in [2.05, 4.69) is 38.3 Å². The summed E-state index contributed by atoms with van der Waals surface area (Å²) in [6.07, 6.45) is 2.01. The molecule has 2 aromatic carbocycles. The van der Waals surface area contributed by atoms with E-state index in [1.807, 2.05) is 48.5 Å². The van der Waals surface area contributed by atoms with Crippen LogP contribution >= 0.6 is 0 Å². The van der Waals surface area contributed by atoms with Crippen LogP contribution in [0, 0.1) is 11.8 Å². The lowest BCUT2D eigenvalue weighted by molar-refractivity contribution is -0.114. The second-order valence-corrected chi connectivity index (χ2v) is 8.02. The van der Waals surface area contributed by atoms with Crippen molar-refractivity contribution >= 4 is 17.3 Å². The minimum absolute atomic E-state index is 0.115. The van der Waals surface area contributed by atoms with Crippen LogP contribution in [0.25, 0.3) is 0 Å². The number of amides is 1. The van der Waals surface area contributed by atoms with Crippen LogP contribution in [0.3, 0.4) is 0 Å². The maximum absolute atomic E-state index is 12.3. The second kappa shape index (κ2) is 12.0. The molecule has 0 radical (unpaired) electrons. The Morgan fingerprint density at radius 2 is 1.34 bits per heavy atom. The van der Waals surface area contributed by atoms with Crippen LogP contribution in [0.1, 0.15) is 40.5 Å². The first-order valence-electron chi connectivity index (χ1n) is 10.4. The summed E-state index contributed by atoms with van der Waals surface area (Å²) in [7, 11) is 0. The van der Waals surface area contributed by atoms with E-state index in [9.17, 15) is 4.79 Å². The van der Waals surface area contributed by atoms with Gasteiger partial charge in [-0.15, -0.1) is 0 Å². The van der Waals surface area contributed by atoms with Gasteiger partial charge in [-0.25, -0.2) is 0 Å². The average Bonchev–Trinajstić information content (AvgIpc) is 2.66. The number of ether oxygens (including phenoxy) is 2. The minimum atomic E-state index is -0.115. The molecule has 0 spiro atoms. The summed E-state index contributed by atoms with van der Waals surface area (Å²) < 4.78 is 11.5. The van der Waals surface area contributed by atoms with Crippen molar-refractivity contribution in [1.82, 2.24) is 0 Å². The molecular formula is C24H34N2O3. The van der Waals surface area contributed by atoms with Crippen molar-refractivity contribution in [2.75, 3.05) is 30.4 Å². The van der Waals surface area contributed by atoms with E-state index in [1.54, 1.807) is 0 Å².